The van der Waals surface area contributed by atoms with Gasteiger partial charge in [0.25, 0.3) is 5.91 Å². The first-order chi connectivity index (χ1) is 8.69. The fourth-order valence-electron chi connectivity index (χ4n) is 1.27. The maximum atomic E-state index is 11.9. The molecule has 0 saturated heterocycles. The van der Waals surface area contributed by atoms with E-state index >= 15 is 0 Å². The van der Waals surface area contributed by atoms with Gasteiger partial charge < -0.3 is 10.7 Å². The zero-order valence-corrected chi connectivity index (χ0v) is 10.8. The Balaban J connectivity index is 2.14. The maximum absolute atomic E-state index is 11.9. The van der Waals surface area contributed by atoms with E-state index in [1.165, 1.54) is 0 Å². The molecule has 0 aromatic carbocycles. The van der Waals surface area contributed by atoms with Gasteiger partial charge in [-0.25, -0.2) is 15.8 Å². The lowest BCUT2D eigenvalue weighted by atomic mass is 10.3. The van der Waals surface area contributed by atoms with Gasteiger partial charge in [-0.3, -0.25) is 4.79 Å². The van der Waals surface area contributed by atoms with Gasteiger partial charge in [0.05, 0.1) is 0 Å². The molecule has 0 unspecified atom stereocenters. The van der Waals surface area contributed by atoms with Crippen LogP contribution in [0.25, 0.3) is 0 Å². The van der Waals surface area contributed by atoms with Gasteiger partial charge in [0, 0.05) is 10.7 Å². The summed E-state index contributed by atoms with van der Waals surface area (Å²) in [6.07, 6.45) is 1.60. The average molecular weight is 308 g/mol. The van der Waals surface area contributed by atoms with E-state index in [0.29, 0.717) is 11.6 Å². The number of carbonyl (C=O) groups excluding carboxylic acids is 1. The molecule has 7 heteroatoms. The second kappa shape index (κ2) is 5.56. The van der Waals surface area contributed by atoms with E-state index < -0.39 is 0 Å². The summed E-state index contributed by atoms with van der Waals surface area (Å²) in [4.78, 5) is 19.9. The van der Waals surface area contributed by atoms with Gasteiger partial charge in [0.1, 0.15) is 17.3 Å². The number of nitrogen functional groups attached to an aromatic ring is 1. The van der Waals surface area contributed by atoms with Crippen molar-refractivity contribution in [1.29, 1.82) is 0 Å². The Labute approximate surface area is 112 Å². The number of hydrazine groups is 1. The Morgan fingerprint density at radius 2 is 2.06 bits per heavy atom. The number of anilines is 2. The SMILES string of the molecule is NNc1cccc(C(=O)Nc2ccc(Br)cn2)n1. The molecule has 0 fully saturated rings. The van der Waals surface area contributed by atoms with Gasteiger partial charge in [-0.05, 0) is 40.2 Å². The number of hydrogen-bond donors (Lipinski definition) is 3. The fraction of sp³-hybridized carbons (Fsp3) is 0. The molecular weight excluding hydrogens is 298 g/mol. The average Bonchev–Trinajstić information content (AvgIpc) is 2.41. The molecular formula is C11H10BrN5O. The molecule has 4 N–H and O–H groups in total. The highest BCUT2D eigenvalue weighted by atomic mass is 79.9. The fourth-order valence-corrected chi connectivity index (χ4v) is 1.51. The molecule has 18 heavy (non-hydrogen) atoms. The lowest BCUT2D eigenvalue weighted by Crippen LogP contribution is -2.16. The molecule has 2 heterocycles. The minimum atomic E-state index is -0.345. The van der Waals surface area contributed by atoms with Crippen molar-refractivity contribution < 1.29 is 4.79 Å². The van der Waals surface area contributed by atoms with Crippen LogP contribution in [0.2, 0.25) is 0 Å². The Kier molecular flexibility index (Phi) is 3.85. The summed E-state index contributed by atoms with van der Waals surface area (Å²) in [5, 5.41) is 2.63. The largest absolute Gasteiger partial charge is 0.308 e. The summed E-state index contributed by atoms with van der Waals surface area (Å²) in [5.41, 5.74) is 2.64. The van der Waals surface area contributed by atoms with E-state index in [-0.39, 0.29) is 11.6 Å². The number of pyridine rings is 2. The molecule has 1 amide bonds. The summed E-state index contributed by atoms with van der Waals surface area (Å²) >= 11 is 3.27. The zero-order chi connectivity index (χ0) is 13.0. The van der Waals surface area contributed by atoms with Crippen LogP contribution in [0.1, 0.15) is 10.5 Å². The van der Waals surface area contributed by atoms with E-state index in [1.54, 1.807) is 36.5 Å². The first-order valence-electron chi connectivity index (χ1n) is 5.05. The summed E-state index contributed by atoms with van der Waals surface area (Å²) in [5.74, 6) is 5.76. The molecule has 2 aromatic heterocycles. The van der Waals surface area contributed by atoms with Gasteiger partial charge in [-0.2, -0.15) is 0 Å². The second-order valence-corrected chi connectivity index (χ2v) is 4.28. The van der Waals surface area contributed by atoms with Crippen LogP contribution in [0.15, 0.2) is 41.0 Å². The third kappa shape index (κ3) is 3.02. The Morgan fingerprint density at radius 1 is 1.22 bits per heavy atom. The molecule has 6 nitrogen and oxygen atoms in total. The topological polar surface area (TPSA) is 92.9 Å². The predicted molar refractivity (Wildman–Crippen MR) is 71.9 cm³/mol. The van der Waals surface area contributed by atoms with Crippen LogP contribution < -0.4 is 16.6 Å². The van der Waals surface area contributed by atoms with Crippen LogP contribution >= 0.6 is 15.9 Å². The number of aromatic nitrogens is 2. The molecule has 2 aromatic rings. The highest BCUT2D eigenvalue weighted by Gasteiger charge is 2.08. The molecule has 0 aliphatic heterocycles. The van der Waals surface area contributed by atoms with Gasteiger partial charge in [0.15, 0.2) is 0 Å². The van der Waals surface area contributed by atoms with Crippen molar-refractivity contribution in [1.82, 2.24) is 9.97 Å². The minimum absolute atomic E-state index is 0.259. The summed E-state index contributed by atoms with van der Waals surface area (Å²) in [7, 11) is 0. The second-order valence-electron chi connectivity index (χ2n) is 3.37. The molecule has 2 rings (SSSR count). The number of carbonyl (C=O) groups is 1. The van der Waals surface area contributed by atoms with Crippen molar-refractivity contribution >= 4 is 33.5 Å². The van der Waals surface area contributed by atoms with E-state index in [0.717, 1.165) is 4.47 Å². The first kappa shape index (κ1) is 12.5. The summed E-state index contributed by atoms with van der Waals surface area (Å²) in [6.45, 7) is 0. The summed E-state index contributed by atoms with van der Waals surface area (Å²) < 4.78 is 0.841. The van der Waals surface area contributed by atoms with Crippen molar-refractivity contribution in [2.75, 3.05) is 10.7 Å². The smallest absolute Gasteiger partial charge is 0.275 e. The molecule has 0 aliphatic rings. The first-order valence-corrected chi connectivity index (χ1v) is 5.85. The highest BCUT2D eigenvalue weighted by Crippen LogP contribution is 2.11. The van der Waals surface area contributed by atoms with Crippen LogP contribution in [0.5, 0.6) is 0 Å². The molecule has 0 aliphatic carbocycles. The molecule has 92 valence electrons. The normalized spacial score (nSPS) is 9.89. The van der Waals surface area contributed by atoms with Gasteiger partial charge in [-0.15, -0.1) is 0 Å². The van der Waals surface area contributed by atoms with E-state index in [2.05, 4.69) is 36.6 Å². The number of amides is 1. The molecule has 0 spiro atoms. The quantitative estimate of drug-likeness (QED) is 0.593. The van der Waals surface area contributed by atoms with Crippen LogP contribution in [0, 0.1) is 0 Å². The highest BCUT2D eigenvalue weighted by molar-refractivity contribution is 9.10. The lowest BCUT2D eigenvalue weighted by Gasteiger charge is -2.05. The standard InChI is InChI=1S/C11H10BrN5O/c12-7-4-5-9(14-6-7)16-11(18)8-2-1-3-10(15-8)17-13/h1-6H,13H2,(H,15,17)(H,14,16,18). The van der Waals surface area contributed by atoms with Crippen molar-refractivity contribution in [3.8, 4) is 0 Å². The molecule has 0 atom stereocenters. The maximum Gasteiger partial charge on any atom is 0.275 e. The van der Waals surface area contributed by atoms with Crippen LogP contribution in [-0.4, -0.2) is 15.9 Å². The molecule has 0 radical (unpaired) electrons. The van der Waals surface area contributed by atoms with E-state index in [4.69, 9.17) is 5.84 Å². The predicted octanol–water partition coefficient (Wildman–Crippen LogP) is 1.78. The van der Waals surface area contributed by atoms with Gasteiger partial charge in [-0.1, -0.05) is 6.07 Å². The number of halogens is 1. The zero-order valence-electron chi connectivity index (χ0n) is 9.22. The van der Waals surface area contributed by atoms with Crippen LogP contribution in [-0.2, 0) is 0 Å². The Hall–Kier alpha value is -1.99. The van der Waals surface area contributed by atoms with Crippen molar-refractivity contribution in [2.45, 2.75) is 0 Å². The van der Waals surface area contributed by atoms with Gasteiger partial charge >= 0.3 is 0 Å². The third-order valence-corrected chi connectivity index (χ3v) is 2.57. The minimum Gasteiger partial charge on any atom is -0.308 e. The lowest BCUT2D eigenvalue weighted by molar-refractivity contribution is 0.102. The summed E-state index contributed by atoms with van der Waals surface area (Å²) in [6, 6.07) is 8.41. The van der Waals surface area contributed by atoms with E-state index in [1.807, 2.05) is 0 Å². The molecule has 0 saturated carbocycles. The third-order valence-electron chi connectivity index (χ3n) is 2.10. The van der Waals surface area contributed by atoms with E-state index in [9.17, 15) is 4.79 Å². The van der Waals surface area contributed by atoms with Crippen molar-refractivity contribution in [3.63, 3.8) is 0 Å². The molecule has 0 bridgehead atoms. The number of hydrogen-bond acceptors (Lipinski definition) is 5. The van der Waals surface area contributed by atoms with Crippen molar-refractivity contribution in [2.24, 2.45) is 5.84 Å². The monoisotopic (exact) mass is 307 g/mol. The van der Waals surface area contributed by atoms with Crippen LogP contribution in [0.3, 0.4) is 0 Å². The van der Waals surface area contributed by atoms with Crippen molar-refractivity contribution in [3.05, 3.63) is 46.7 Å². The van der Waals surface area contributed by atoms with Crippen LogP contribution in [0.4, 0.5) is 11.6 Å². The Morgan fingerprint density at radius 3 is 2.72 bits per heavy atom. The number of nitrogens with one attached hydrogen (secondary N) is 2. The number of rotatable bonds is 3. The number of nitrogens with zero attached hydrogens (tertiary/aromatic N) is 2. The van der Waals surface area contributed by atoms with Gasteiger partial charge in [0.2, 0.25) is 0 Å². The number of nitrogens with two attached hydrogens (primary N) is 1. The Bertz CT molecular complexity index is 558.